The average molecular weight is 258 g/mol. The molecule has 0 atom stereocenters. The standard InChI is InChI=1S/C15H18N2O2/c1-19-13-7-3-2-6-12(13)10-17-14(18)15(11-16)8-4-5-9-15/h2-3,6-7H,4-5,8-10H2,1H3,(H,17,18). The lowest BCUT2D eigenvalue weighted by Crippen LogP contribution is -2.37. The number of amides is 1. The highest BCUT2D eigenvalue weighted by atomic mass is 16.5. The van der Waals surface area contributed by atoms with Gasteiger partial charge in [0.05, 0.1) is 13.2 Å². The molecule has 1 amide bonds. The van der Waals surface area contributed by atoms with Gasteiger partial charge in [-0.3, -0.25) is 4.79 Å². The summed E-state index contributed by atoms with van der Waals surface area (Å²) in [5, 5.41) is 12.1. The van der Waals surface area contributed by atoms with Gasteiger partial charge in [0.25, 0.3) is 0 Å². The zero-order valence-corrected chi connectivity index (χ0v) is 11.1. The molecule has 100 valence electrons. The zero-order chi connectivity index (χ0) is 13.7. The number of hydrogen-bond donors (Lipinski definition) is 1. The summed E-state index contributed by atoms with van der Waals surface area (Å²) >= 11 is 0. The van der Waals surface area contributed by atoms with E-state index in [1.54, 1.807) is 7.11 Å². The van der Waals surface area contributed by atoms with Crippen molar-refractivity contribution in [2.24, 2.45) is 5.41 Å². The Hall–Kier alpha value is -2.02. The second-order valence-corrected chi connectivity index (χ2v) is 4.90. The van der Waals surface area contributed by atoms with Gasteiger partial charge < -0.3 is 10.1 Å². The fourth-order valence-corrected chi connectivity index (χ4v) is 2.56. The van der Waals surface area contributed by atoms with Crippen molar-refractivity contribution in [3.05, 3.63) is 29.8 Å². The molecule has 1 aromatic rings. The van der Waals surface area contributed by atoms with Crippen LogP contribution in [-0.2, 0) is 11.3 Å². The van der Waals surface area contributed by atoms with E-state index in [1.807, 2.05) is 24.3 Å². The van der Waals surface area contributed by atoms with Crippen molar-refractivity contribution in [2.45, 2.75) is 32.2 Å². The van der Waals surface area contributed by atoms with E-state index in [9.17, 15) is 10.1 Å². The van der Waals surface area contributed by atoms with Gasteiger partial charge in [-0.2, -0.15) is 5.26 Å². The SMILES string of the molecule is COc1ccccc1CNC(=O)C1(C#N)CCCC1. The Bertz CT molecular complexity index is 499. The van der Waals surface area contributed by atoms with Crippen LogP contribution in [0.5, 0.6) is 5.75 Å². The van der Waals surface area contributed by atoms with Crippen molar-refractivity contribution in [3.8, 4) is 11.8 Å². The molecule has 0 aliphatic heterocycles. The van der Waals surface area contributed by atoms with Crippen molar-refractivity contribution < 1.29 is 9.53 Å². The lowest BCUT2D eigenvalue weighted by molar-refractivity contribution is -0.128. The highest BCUT2D eigenvalue weighted by Gasteiger charge is 2.41. The van der Waals surface area contributed by atoms with Gasteiger partial charge in [0.15, 0.2) is 0 Å². The van der Waals surface area contributed by atoms with E-state index in [0.29, 0.717) is 19.4 Å². The lowest BCUT2D eigenvalue weighted by atomic mass is 9.87. The number of benzene rings is 1. The Balaban J connectivity index is 2.02. The van der Waals surface area contributed by atoms with E-state index in [2.05, 4.69) is 11.4 Å². The summed E-state index contributed by atoms with van der Waals surface area (Å²) in [5.41, 5.74) is 0.103. The minimum atomic E-state index is -0.817. The normalized spacial score (nSPS) is 16.6. The van der Waals surface area contributed by atoms with Gasteiger partial charge in [-0.1, -0.05) is 31.0 Å². The maximum Gasteiger partial charge on any atom is 0.240 e. The number of ether oxygens (including phenoxy) is 1. The van der Waals surface area contributed by atoms with Crippen LogP contribution in [0.1, 0.15) is 31.2 Å². The number of hydrogen-bond acceptors (Lipinski definition) is 3. The monoisotopic (exact) mass is 258 g/mol. The molecule has 2 rings (SSSR count). The van der Waals surface area contributed by atoms with Crippen LogP contribution in [0.3, 0.4) is 0 Å². The number of methoxy groups -OCH3 is 1. The van der Waals surface area contributed by atoms with E-state index >= 15 is 0 Å². The first-order valence-electron chi connectivity index (χ1n) is 6.53. The largest absolute Gasteiger partial charge is 0.496 e. The molecule has 0 spiro atoms. The first-order valence-corrected chi connectivity index (χ1v) is 6.53. The van der Waals surface area contributed by atoms with E-state index < -0.39 is 5.41 Å². The van der Waals surface area contributed by atoms with Crippen molar-refractivity contribution in [1.82, 2.24) is 5.32 Å². The highest BCUT2D eigenvalue weighted by molar-refractivity contribution is 5.85. The molecule has 1 aliphatic carbocycles. The van der Waals surface area contributed by atoms with Crippen molar-refractivity contribution in [3.63, 3.8) is 0 Å². The molecular weight excluding hydrogens is 240 g/mol. The summed E-state index contributed by atoms with van der Waals surface area (Å²) < 4.78 is 5.24. The second-order valence-electron chi connectivity index (χ2n) is 4.90. The van der Waals surface area contributed by atoms with Gasteiger partial charge in [0.1, 0.15) is 11.2 Å². The van der Waals surface area contributed by atoms with Gasteiger partial charge in [-0.25, -0.2) is 0 Å². The minimum absolute atomic E-state index is 0.154. The molecule has 0 radical (unpaired) electrons. The fourth-order valence-electron chi connectivity index (χ4n) is 2.56. The van der Waals surface area contributed by atoms with Crippen molar-refractivity contribution in [2.75, 3.05) is 7.11 Å². The maximum atomic E-state index is 12.2. The summed E-state index contributed by atoms with van der Waals surface area (Å²) in [6.07, 6.45) is 3.24. The first-order chi connectivity index (χ1) is 9.22. The minimum Gasteiger partial charge on any atom is -0.496 e. The number of rotatable bonds is 4. The van der Waals surface area contributed by atoms with Crippen LogP contribution in [-0.4, -0.2) is 13.0 Å². The first kappa shape index (κ1) is 13.4. The predicted molar refractivity (Wildman–Crippen MR) is 71.4 cm³/mol. The Labute approximate surface area is 113 Å². The summed E-state index contributed by atoms with van der Waals surface area (Å²) in [6, 6.07) is 9.76. The van der Waals surface area contributed by atoms with E-state index in [4.69, 9.17) is 4.74 Å². The molecule has 1 fully saturated rings. The van der Waals surface area contributed by atoms with Gasteiger partial charge in [0.2, 0.25) is 5.91 Å². The zero-order valence-electron chi connectivity index (χ0n) is 11.1. The third-order valence-electron chi connectivity index (χ3n) is 3.74. The number of nitrogens with zero attached hydrogens (tertiary/aromatic N) is 1. The van der Waals surface area contributed by atoms with E-state index in [0.717, 1.165) is 24.2 Å². The molecule has 4 heteroatoms. The Morgan fingerprint density at radius 1 is 1.42 bits per heavy atom. The smallest absolute Gasteiger partial charge is 0.240 e. The molecule has 1 saturated carbocycles. The molecule has 0 saturated heterocycles. The van der Waals surface area contributed by atoms with Crippen molar-refractivity contribution in [1.29, 1.82) is 5.26 Å². The summed E-state index contributed by atoms with van der Waals surface area (Å²) in [5.74, 6) is 0.596. The topological polar surface area (TPSA) is 62.1 Å². The van der Waals surface area contributed by atoms with Gasteiger partial charge in [0, 0.05) is 12.1 Å². The Morgan fingerprint density at radius 3 is 2.74 bits per heavy atom. The van der Waals surface area contributed by atoms with Crippen LogP contribution in [0.2, 0.25) is 0 Å². The van der Waals surface area contributed by atoms with Crippen LogP contribution in [0, 0.1) is 16.7 Å². The quantitative estimate of drug-likeness (QED) is 0.902. The summed E-state index contributed by atoms with van der Waals surface area (Å²) in [6.45, 7) is 0.395. The molecule has 0 heterocycles. The highest BCUT2D eigenvalue weighted by Crippen LogP contribution is 2.37. The number of nitrogens with one attached hydrogen (secondary N) is 1. The Kier molecular flexibility index (Phi) is 4.06. The van der Waals surface area contributed by atoms with Gasteiger partial charge in [-0.05, 0) is 18.9 Å². The van der Waals surface area contributed by atoms with Crippen LogP contribution in [0.4, 0.5) is 0 Å². The molecule has 1 aliphatic rings. The third-order valence-corrected chi connectivity index (χ3v) is 3.74. The molecule has 0 aromatic heterocycles. The molecule has 1 aromatic carbocycles. The molecule has 4 nitrogen and oxygen atoms in total. The fraction of sp³-hybridized carbons (Fsp3) is 0.467. The van der Waals surface area contributed by atoms with Crippen LogP contribution >= 0.6 is 0 Å². The summed E-state index contributed by atoms with van der Waals surface area (Å²) in [4.78, 5) is 12.2. The van der Waals surface area contributed by atoms with E-state index in [1.165, 1.54) is 0 Å². The van der Waals surface area contributed by atoms with Gasteiger partial charge in [-0.15, -0.1) is 0 Å². The third kappa shape index (κ3) is 2.70. The number of nitriles is 1. The molecule has 1 N–H and O–H groups in total. The number of carbonyl (C=O) groups is 1. The average Bonchev–Trinajstić information content (AvgIpc) is 2.95. The molecule has 0 bridgehead atoms. The summed E-state index contributed by atoms with van der Waals surface area (Å²) in [7, 11) is 1.61. The van der Waals surface area contributed by atoms with E-state index in [-0.39, 0.29) is 5.91 Å². The Morgan fingerprint density at radius 2 is 2.11 bits per heavy atom. The van der Waals surface area contributed by atoms with Crippen molar-refractivity contribution >= 4 is 5.91 Å². The molecule has 0 unspecified atom stereocenters. The van der Waals surface area contributed by atoms with Crippen LogP contribution in [0.15, 0.2) is 24.3 Å². The number of para-hydroxylation sites is 1. The molecule has 19 heavy (non-hydrogen) atoms. The van der Waals surface area contributed by atoms with Crippen LogP contribution in [0.25, 0.3) is 0 Å². The maximum absolute atomic E-state index is 12.2. The number of carbonyl (C=O) groups excluding carboxylic acids is 1. The van der Waals surface area contributed by atoms with Gasteiger partial charge >= 0.3 is 0 Å². The lowest BCUT2D eigenvalue weighted by Gasteiger charge is -2.19. The van der Waals surface area contributed by atoms with Crippen LogP contribution < -0.4 is 10.1 Å². The molecular formula is C15H18N2O2. The predicted octanol–water partition coefficient (Wildman–Crippen LogP) is 2.40. The second kappa shape index (κ2) is 5.75.